The highest BCUT2D eigenvalue weighted by atomic mass is 32.1. The number of aromatic nitrogens is 2. The number of carbonyl (C=O) groups excluding carboxylic acids is 2. The summed E-state index contributed by atoms with van der Waals surface area (Å²) in [6, 6.07) is 10.3. The summed E-state index contributed by atoms with van der Waals surface area (Å²) in [7, 11) is 1.32. The molecule has 0 bridgehead atoms. The molecule has 0 spiro atoms. The fourth-order valence-corrected chi connectivity index (χ4v) is 3.35. The summed E-state index contributed by atoms with van der Waals surface area (Å²) >= 11 is 1.62. The molecule has 1 aromatic carbocycles. The Bertz CT molecular complexity index is 908. The van der Waals surface area contributed by atoms with Crippen molar-refractivity contribution >= 4 is 23.2 Å². The van der Waals surface area contributed by atoms with E-state index in [9.17, 15) is 9.59 Å². The first-order chi connectivity index (χ1) is 13.2. The molecule has 0 aliphatic carbocycles. The Kier molecular flexibility index (Phi) is 6.27. The Labute approximate surface area is 161 Å². The van der Waals surface area contributed by atoms with E-state index in [0.717, 1.165) is 29.1 Å². The number of hydrogen-bond donors (Lipinski definition) is 1. The Morgan fingerprint density at radius 3 is 2.48 bits per heavy atom. The topological polar surface area (TPSA) is 81.2 Å². The average molecular weight is 381 g/mol. The lowest BCUT2D eigenvalue weighted by molar-refractivity contribution is 0.0600. The second-order valence-electron chi connectivity index (χ2n) is 5.79. The van der Waals surface area contributed by atoms with E-state index >= 15 is 0 Å². The van der Waals surface area contributed by atoms with Gasteiger partial charge in [-0.3, -0.25) is 9.78 Å². The number of nitrogens with zero attached hydrogens (tertiary/aromatic N) is 2. The van der Waals surface area contributed by atoms with E-state index in [2.05, 4.69) is 20.0 Å². The summed E-state index contributed by atoms with van der Waals surface area (Å²) in [5.41, 5.74) is 2.93. The van der Waals surface area contributed by atoms with Crippen LogP contribution in [0.3, 0.4) is 0 Å². The number of nitrogens with one attached hydrogen (secondary N) is 1. The number of carbonyl (C=O) groups is 2. The van der Waals surface area contributed by atoms with Crippen LogP contribution in [0.2, 0.25) is 0 Å². The zero-order valence-corrected chi connectivity index (χ0v) is 15.7. The second kappa shape index (κ2) is 9.05. The molecule has 0 saturated carbocycles. The van der Waals surface area contributed by atoms with E-state index in [1.165, 1.54) is 7.11 Å². The van der Waals surface area contributed by atoms with Crippen molar-refractivity contribution in [3.05, 3.63) is 70.3 Å². The summed E-state index contributed by atoms with van der Waals surface area (Å²) in [6.45, 7) is 0.557. The molecule has 0 unspecified atom stereocenters. The highest BCUT2D eigenvalue weighted by molar-refractivity contribution is 7.09. The number of hydrogen-bond acceptors (Lipinski definition) is 6. The lowest BCUT2D eigenvalue weighted by Gasteiger charge is -2.05. The number of pyridine rings is 1. The molecule has 0 atom stereocenters. The van der Waals surface area contributed by atoms with Crippen LogP contribution in [0.15, 0.2) is 54.2 Å². The lowest BCUT2D eigenvalue weighted by atomic mass is 10.1. The number of aryl methyl sites for hydroxylation is 1. The fraction of sp³-hybridized carbons (Fsp3) is 0.200. The Morgan fingerprint density at radius 2 is 1.78 bits per heavy atom. The lowest BCUT2D eigenvalue weighted by Crippen LogP contribution is -2.24. The number of rotatable bonds is 7. The van der Waals surface area contributed by atoms with Gasteiger partial charge in [0.05, 0.1) is 23.4 Å². The van der Waals surface area contributed by atoms with Gasteiger partial charge in [0.15, 0.2) is 0 Å². The van der Waals surface area contributed by atoms with Gasteiger partial charge in [0.2, 0.25) is 0 Å². The number of methoxy groups -OCH3 is 1. The molecule has 0 saturated heterocycles. The number of benzene rings is 1. The molecule has 138 valence electrons. The third-order valence-electron chi connectivity index (χ3n) is 3.95. The van der Waals surface area contributed by atoms with E-state index in [0.29, 0.717) is 17.7 Å². The predicted molar refractivity (Wildman–Crippen MR) is 104 cm³/mol. The predicted octanol–water partition coefficient (Wildman–Crippen LogP) is 3.35. The first-order valence-electron chi connectivity index (χ1n) is 8.49. The maximum Gasteiger partial charge on any atom is 0.337 e. The molecule has 0 fully saturated rings. The van der Waals surface area contributed by atoms with E-state index in [4.69, 9.17) is 0 Å². The molecule has 0 aliphatic rings. The number of amides is 1. The van der Waals surface area contributed by atoms with Crippen molar-refractivity contribution in [2.75, 3.05) is 13.7 Å². The molecular formula is C20H19N3O3S. The zero-order chi connectivity index (χ0) is 19.1. The van der Waals surface area contributed by atoms with Gasteiger partial charge in [-0.1, -0.05) is 0 Å². The zero-order valence-electron chi connectivity index (χ0n) is 14.8. The number of ether oxygens (including phenoxy) is 1. The van der Waals surface area contributed by atoms with Gasteiger partial charge in [0.25, 0.3) is 5.91 Å². The number of esters is 1. The molecule has 27 heavy (non-hydrogen) atoms. The van der Waals surface area contributed by atoms with Crippen LogP contribution >= 0.6 is 11.3 Å². The van der Waals surface area contributed by atoms with Gasteiger partial charge in [0, 0.05) is 41.9 Å². The maximum absolute atomic E-state index is 12.1. The SMILES string of the molecule is COC(=O)c1ccc(C(=O)NCCCc2nc(-c3ccncc3)cs2)cc1. The van der Waals surface area contributed by atoms with Crippen LogP contribution in [0.4, 0.5) is 0 Å². The Morgan fingerprint density at radius 1 is 1.07 bits per heavy atom. The monoisotopic (exact) mass is 381 g/mol. The van der Waals surface area contributed by atoms with Crippen LogP contribution in [0.25, 0.3) is 11.3 Å². The molecule has 2 heterocycles. The van der Waals surface area contributed by atoms with Crippen LogP contribution in [0, 0.1) is 0 Å². The van der Waals surface area contributed by atoms with Gasteiger partial charge in [-0.05, 0) is 42.8 Å². The molecule has 3 rings (SSSR count). The van der Waals surface area contributed by atoms with E-state index < -0.39 is 5.97 Å². The Hall–Kier alpha value is -3.06. The second-order valence-corrected chi connectivity index (χ2v) is 6.73. The van der Waals surface area contributed by atoms with E-state index in [1.54, 1.807) is 48.0 Å². The largest absolute Gasteiger partial charge is 0.465 e. The van der Waals surface area contributed by atoms with Crippen molar-refractivity contribution in [3.8, 4) is 11.3 Å². The third-order valence-corrected chi connectivity index (χ3v) is 4.86. The summed E-state index contributed by atoms with van der Waals surface area (Å²) in [5.74, 6) is -0.584. The highest BCUT2D eigenvalue weighted by Crippen LogP contribution is 2.21. The summed E-state index contributed by atoms with van der Waals surface area (Å²) in [4.78, 5) is 32.2. The fourth-order valence-electron chi connectivity index (χ4n) is 2.50. The normalized spacial score (nSPS) is 10.4. The van der Waals surface area contributed by atoms with Gasteiger partial charge < -0.3 is 10.1 Å². The third kappa shape index (κ3) is 4.98. The minimum absolute atomic E-state index is 0.164. The van der Waals surface area contributed by atoms with Crippen molar-refractivity contribution in [1.29, 1.82) is 0 Å². The molecule has 6 nitrogen and oxygen atoms in total. The number of thiazole rings is 1. The first kappa shape index (κ1) is 18.7. The minimum Gasteiger partial charge on any atom is -0.465 e. The molecule has 1 amide bonds. The molecule has 0 radical (unpaired) electrons. The van der Waals surface area contributed by atoms with Crippen molar-refractivity contribution in [3.63, 3.8) is 0 Å². The average Bonchev–Trinajstić information content (AvgIpc) is 3.20. The van der Waals surface area contributed by atoms with Crippen molar-refractivity contribution in [1.82, 2.24) is 15.3 Å². The van der Waals surface area contributed by atoms with Gasteiger partial charge >= 0.3 is 5.97 Å². The van der Waals surface area contributed by atoms with Crippen LogP contribution in [0.5, 0.6) is 0 Å². The minimum atomic E-state index is -0.420. The molecule has 1 N–H and O–H groups in total. The molecular weight excluding hydrogens is 362 g/mol. The Balaban J connectivity index is 1.45. The first-order valence-corrected chi connectivity index (χ1v) is 9.36. The maximum atomic E-state index is 12.1. The van der Waals surface area contributed by atoms with E-state index in [1.807, 2.05) is 17.5 Å². The standard InChI is InChI=1S/C20H19N3O3S/c1-26-20(25)16-6-4-15(5-7-16)19(24)22-10-2-3-18-23-17(13-27-18)14-8-11-21-12-9-14/h4-9,11-13H,2-3,10H2,1H3,(H,22,24). The van der Waals surface area contributed by atoms with Crippen LogP contribution in [-0.4, -0.2) is 35.5 Å². The highest BCUT2D eigenvalue weighted by Gasteiger charge is 2.09. The molecule has 3 aromatic rings. The van der Waals surface area contributed by atoms with Gasteiger partial charge in [-0.15, -0.1) is 11.3 Å². The van der Waals surface area contributed by atoms with Crippen LogP contribution < -0.4 is 5.32 Å². The van der Waals surface area contributed by atoms with Gasteiger partial charge in [0.1, 0.15) is 0 Å². The quantitative estimate of drug-likeness (QED) is 0.501. The van der Waals surface area contributed by atoms with Gasteiger partial charge in [-0.25, -0.2) is 9.78 Å². The smallest absolute Gasteiger partial charge is 0.337 e. The van der Waals surface area contributed by atoms with Crippen LogP contribution in [0.1, 0.15) is 32.1 Å². The summed E-state index contributed by atoms with van der Waals surface area (Å²) in [6.07, 6.45) is 5.11. The van der Waals surface area contributed by atoms with Crippen molar-refractivity contribution in [2.45, 2.75) is 12.8 Å². The van der Waals surface area contributed by atoms with Gasteiger partial charge in [-0.2, -0.15) is 0 Å². The van der Waals surface area contributed by atoms with E-state index in [-0.39, 0.29) is 5.91 Å². The van der Waals surface area contributed by atoms with Crippen LogP contribution in [-0.2, 0) is 11.2 Å². The summed E-state index contributed by atoms with van der Waals surface area (Å²) in [5, 5.41) is 5.96. The summed E-state index contributed by atoms with van der Waals surface area (Å²) < 4.78 is 4.64. The molecule has 0 aliphatic heterocycles. The van der Waals surface area contributed by atoms with Crippen molar-refractivity contribution in [2.24, 2.45) is 0 Å². The molecule has 7 heteroatoms. The van der Waals surface area contributed by atoms with Crippen molar-refractivity contribution < 1.29 is 14.3 Å². The molecule has 2 aromatic heterocycles.